The van der Waals surface area contributed by atoms with Crippen LogP contribution in [0.2, 0.25) is 0 Å². The second-order valence-electron chi connectivity index (χ2n) is 7.58. The second-order valence-corrected chi connectivity index (χ2v) is 7.58. The molecule has 10 heteroatoms. The fraction of sp³-hybridized carbons (Fsp3) is 0.217. The fourth-order valence-corrected chi connectivity index (χ4v) is 3.31. The van der Waals surface area contributed by atoms with Crippen LogP contribution in [0.25, 0.3) is 21.9 Å². The van der Waals surface area contributed by atoms with Crippen LogP contribution in [0.1, 0.15) is 22.8 Å². The minimum absolute atomic E-state index is 0.190. The van der Waals surface area contributed by atoms with E-state index in [0.29, 0.717) is 22.2 Å². The summed E-state index contributed by atoms with van der Waals surface area (Å²) in [6, 6.07) is 12.2. The number of halogens is 3. The predicted octanol–water partition coefficient (Wildman–Crippen LogP) is 4.92. The van der Waals surface area contributed by atoms with E-state index in [9.17, 15) is 18.0 Å². The van der Waals surface area contributed by atoms with Gasteiger partial charge in [-0.1, -0.05) is 12.1 Å². The van der Waals surface area contributed by atoms with Crippen molar-refractivity contribution in [3.05, 3.63) is 66.0 Å². The van der Waals surface area contributed by atoms with Gasteiger partial charge in [-0.25, -0.2) is 0 Å². The third-order valence-corrected chi connectivity index (χ3v) is 5.25. The first-order chi connectivity index (χ1) is 15.6. The summed E-state index contributed by atoms with van der Waals surface area (Å²) < 4.78 is 45.3. The van der Waals surface area contributed by atoms with Crippen LogP contribution in [0.3, 0.4) is 0 Å². The van der Waals surface area contributed by atoms with E-state index >= 15 is 0 Å². The molecule has 1 N–H and O–H groups in total. The Morgan fingerprint density at radius 2 is 1.94 bits per heavy atom. The van der Waals surface area contributed by atoms with Gasteiger partial charge in [0.15, 0.2) is 6.10 Å². The van der Waals surface area contributed by atoms with Crippen LogP contribution in [0, 0.1) is 6.92 Å². The molecule has 0 saturated carbocycles. The van der Waals surface area contributed by atoms with Crippen LogP contribution in [0.15, 0.2) is 54.9 Å². The lowest BCUT2D eigenvalue weighted by Crippen LogP contribution is -2.31. The number of anilines is 1. The number of carbonyl (C=O) groups is 1. The van der Waals surface area contributed by atoms with Crippen LogP contribution < -0.4 is 10.1 Å². The Bertz CT molecular complexity index is 1330. The van der Waals surface area contributed by atoms with Gasteiger partial charge in [-0.15, -0.1) is 5.10 Å². The Balaban J connectivity index is 1.67. The second kappa shape index (κ2) is 8.53. The number of fused-ring (bicyclic) bond motifs is 1. The van der Waals surface area contributed by atoms with Crippen molar-refractivity contribution in [1.82, 2.24) is 20.0 Å². The first kappa shape index (κ1) is 22.3. The fourth-order valence-electron chi connectivity index (χ4n) is 3.31. The van der Waals surface area contributed by atoms with Crippen LogP contribution in [0.4, 0.5) is 19.0 Å². The highest BCUT2D eigenvalue weighted by molar-refractivity contribution is 6.04. The van der Waals surface area contributed by atoms with E-state index in [-0.39, 0.29) is 11.8 Å². The van der Waals surface area contributed by atoms with E-state index in [1.807, 2.05) is 13.0 Å². The summed E-state index contributed by atoms with van der Waals surface area (Å²) in [7, 11) is 1.72. The van der Waals surface area contributed by atoms with Gasteiger partial charge in [0.2, 0.25) is 5.88 Å². The van der Waals surface area contributed by atoms with E-state index in [0.717, 1.165) is 23.6 Å². The number of carbonyl (C=O) groups excluding carboxylic acids is 1. The number of hydrogen-bond acceptors (Lipinski definition) is 5. The molecule has 0 fully saturated rings. The highest BCUT2D eigenvalue weighted by atomic mass is 19.4. The highest BCUT2D eigenvalue weighted by Crippen LogP contribution is 2.32. The topological polar surface area (TPSA) is 81.9 Å². The van der Waals surface area contributed by atoms with Gasteiger partial charge < -0.3 is 10.1 Å². The molecular weight excluding hydrogens is 435 g/mol. The van der Waals surface area contributed by atoms with Gasteiger partial charge >= 0.3 is 6.18 Å². The number of aromatic nitrogens is 4. The normalized spacial score (nSPS) is 12.5. The number of hydrogen-bond donors (Lipinski definition) is 1. The summed E-state index contributed by atoms with van der Waals surface area (Å²) in [5.74, 6) is 0.0836. The molecule has 2 aromatic heterocycles. The summed E-state index contributed by atoms with van der Waals surface area (Å²) in [5, 5.41) is 15.3. The van der Waals surface area contributed by atoms with Crippen LogP contribution in [-0.4, -0.2) is 38.2 Å². The van der Waals surface area contributed by atoms with Crippen molar-refractivity contribution in [2.75, 3.05) is 5.32 Å². The van der Waals surface area contributed by atoms with E-state index in [2.05, 4.69) is 20.6 Å². The number of alkyl halides is 3. The van der Waals surface area contributed by atoms with Gasteiger partial charge in [0, 0.05) is 29.4 Å². The molecule has 0 radical (unpaired) electrons. The number of aryl methyl sites for hydroxylation is 2. The zero-order valence-corrected chi connectivity index (χ0v) is 18.0. The molecule has 0 aliphatic carbocycles. The first-order valence-electron chi connectivity index (χ1n) is 10.0. The molecule has 4 aromatic rings. The average Bonchev–Trinajstić information content (AvgIpc) is 3.17. The first-order valence-corrected chi connectivity index (χ1v) is 10.0. The molecule has 2 heterocycles. The van der Waals surface area contributed by atoms with Crippen molar-refractivity contribution in [1.29, 1.82) is 0 Å². The molecule has 2 aromatic carbocycles. The molecule has 33 heavy (non-hydrogen) atoms. The van der Waals surface area contributed by atoms with Gasteiger partial charge in [-0.3, -0.25) is 9.48 Å². The van der Waals surface area contributed by atoms with Crippen molar-refractivity contribution in [3.8, 4) is 17.0 Å². The minimum atomic E-state index is -4.52. The molecule has 0 aliphatic rings. The smallest absolute Gasteiger partial charge is 0.425 e. The lowest BCUT2D eigenvalue weighted by molar-refractivity contribution is -0.189. The Morgan fingerprint density at radius 3 is 2.64 bits per heavy atom. The van der Waals surface area contributed by atoms with Crippen molar-refractivity contribution >= 4 is 22.5 Å². The Morgan fingerprint density at radius 1 is 1.15 bits per heavy atom. The molecule has 0 unspecified atom stereocenters. The number of benzene rings is 2. The van der Waals surface area contributed by atoms with Gasteiger partial charge in [0.25, 0.3) is 5.91 Å². The zero-order chi connectivity index (χ0) is 23.8. The molecule has 4 rings (SSSR count). The summed E-state index contributed by atoms with van der Waals surface area (Å²) in [4.78, 5) is 12.7. The molecule has 0 spiro atoms. The van der Waals surface area contributed by atoms with Gasteiger partial charge in [-0.2, -0.15) is 23.4 Å². The third-order valence-electron chi connectivity index (χ3n) is 5.25. The van der Waals surface area contributed by atoms with Crippen molar-refractivity contribution in [3.63, 3.8) is 0 Å². The molecule has 170 valence electrons. The van der Waals surface area contributed by atoms with Crippen LogP contribution in [0.5, 0.6) is 5.88 Å². The van der Waals surface area contributed by atoms with Crippen LogP contribution >= 0.6 is 0 Å². The molecular formula is C23H20F3N5O2. The van der Waals surface area contributed by atoms with Crippen LogP contribution in [-0.2, 0) is 7.05 Å². The zero-order valence-electron chi connectivity index (χ0n) is 18.0. The molecule has 7 nitrogen and oxygen atoms in total. The predicted molar refractivity (Wildman–Crippen MR) is 117 cm³/mol. The molecule has 1 amide bonds. The molecule has 0 aliphatic heterocycles. The summed E-state index contributed by atoms with van der Waals surface area (Å²) in [5.41, 5.74) is 2.96. The van der Waals surface area contributed by atoms with E-state index < -0.39 is 12.3 Å². The Kier molecular flexibility index (Phi) is 5.75. The summed E-state index contributed by atoms with van der Waals surface area (Å²) in [6.45, 7) is 2.83. The number of nitrogens with zero attached hydrogens (tertiary/aromatic N) is 4. The number of rotatable bonds is 5. The maximum absolute atomic E-state index is 12.9. The number of ether oxygens (including phenoxy) is 1. The maximum atomic E-state index is 12.9. The highest BCUT2D eigenvalue weighted by Gasteiger charge is 2.38. The van der Waals surface area contributed by atoms with Gasteiger partial charge in [0.1, 0.15) is 5.82 Å². The van der Waals surface area contributed by atoms with Crippen molar-refractivity contribution in [2.24, 2.45) is 7.05 Å². The van der Waals surface area contributed by atoms with Gasteiger partial charge in [-0.05, 0) is 54.8 Å². The third kappa shape index (κ3) is 4.64. The molecule has 0 saturated heterocycles. The standard InChI is InChI=1S/C23H20F3N5O2/c1-13-4-5-16(21(32)29-20-8-9-28-31(20)3)11-19(13)15-6-7-18-17(10-15)12-27-30-22(18)33-14(2)23(24,25)26/h4-12,14H,1-3H3,(H,29,32)/t14-/m0/s1. The van der Waals surface area contributed by atoms with Crippen molar-refractivity contribution in [2.45, 2.75) is 26.1 Å². The maximum Gasteiger partial charge on any atom is 0.425 e. The SMILES string of the molecule is Cc1ccc(C(=O)Nc2ccnn2C)cc1-c1ccc2c(O[C@@H](C)C(F)(F)F)nncc2c1. The van der Waals surface area contributed by atoms with E-state index in [4.69, 9.17) is 4.74 Å². The van der Waals surface area contributed by atoms with Gasteiger partial charge in [0.05, 0.1) is 12.4 Å². The average molecular weight is 455 g/mol. The molecule has 0 bridgehead atoms. The lowest BCUT2D eigenvalue weighted by Gasteiger charge is -2.17. The number of nitrogens with one attached hydrogen (secondary N) is 1. The summed E-state index contributed by atoms with van der Waals surface area (Å²) >= 11 is 0. The monoisotopic (exact) mass is 455 g/mol. The van der Waals surface area contributed by atoms with E-state index in [1.54, 1.807) is 54.3 Å². The quantitative estimate of drug-likeness (QED) is 0.462. The van der Waals surface area contributed by atoms with Crippen molar-refractivity contribution < 1.29 is 22.7 Å². The largest absolute Gasteiger partial charge is 0.463 e. The Hall–Kier alpha value is -3.95. The lowest BCUT2D eigenvalue weighted by atomic mass is 9.96. The summed E-state index contributed by atoms with van der Waals surface area (Å²) in [6.07, 6.45) is -3.49. The Labute approximate surface area is 187 Å². The molecule has 1 atom stereocenters. The minimum Gasteiger partial charge on any atom is -0.463 e. The van der Waals surface area contributed by atoms with E-state index in [1.165, 1.54) is 6.20 Å². The number of amides is 1.